The van der Waals surface area contributed by atoms with E-state index in [2.05, 4.69) is 5.32 Å². The number of nitrogens with two attached hydrogens (primary N) is 1. The zero-order chi connectivity index (χ0) is 10.2. The molecule has 1 aromatic rings. The highest BCUT2D eigenvalue weighted by molar-refractivity contribution is 7.89. The van der Waals surface area contributed by atoms with Crippen LogP contribution >= 0.6 is 0 Å². The Morgan fingerprint density at radius 2 is 2.14 bits per heavy atom. The topological polar surface area (TPSA) is 72.2 Å². The third-order valence-corrected chi connectivity index (χ3v) is 3.06. The number of nitrogens with one attached hydrogen (secondary N) is 1. The van der Waals surface area contributed by atoms with Crippen LogP contribution in [0.25, 0.3) is 0 Å². The predicted octanol–water partition coefficient (Wildman–Crippen LogP) is 0.816. The Morgan fingerprint density at radius 1 is 1.36 bits per heavy atom. The number of fused-ring (bicyclic) bond motifs is 1. The maximum absolute atomic E-state index is 11.2. The van der Waals surface area contributed by atoms with Crippen molar-refractivity contribution in [2.24, 2.45) is 5.14 Å². The number of hydrogen-bond acceptors (Lipinski definition) is 3. The van der Waals surface area contributed by atoms with Gasteiger partial charge in [0.2, 0.25) is 10.0 Å². The Balaban J connectivity index is 2.65. The first-order chi connectivity index (χ1) is 6.59. The standard InChI is InChI=1S/C9H10N2O2S/c10-14(12,13)8-5-1-3-7-4-2-6-11-9(7)8/h1-3,5-6,11H,4H2,(H2,10,12,13). The summed E-state index contributed by atoms with van der Waals surface area (Å²) in [6.07, 6.45) is 4.37. The number of para-hydroxylation sites is 1. The number of hydrogen-bond donors (Lipinski definition) is 2. The molecule has 1 aliphatic rings. The molecule has 0 aliphatic carbocycles. The fourth-order valence-electron chi connectivity index (χ4n) is 1.48. The van der Waals surface area contributed by atoms with Crippen LogP contribution in [0.1, 0.15) is 5.56 Å². The van der Waals surface area contributed by atoms with Gasteiger partial charge in [-0.3, -0.25) is 0 Å². The zero-order valence-electron chi connectivity index (χ0n) is 7.40. The molecular formula is C9H10N2O2S. The molecule has 4 nitrogen and oxygen atoms in total. The number of allylic oxidation sites excluding steroid dienone is 1. The number of benzene rings is 1. The minimum Gasteiger partial charge on any atom is -0.361 e. The third kappa shape index (κ3) is 1.51. The third-order valence-electron chi connectivity index (χ3n) is 2.10. The maximum Gasteiger partial charge on any atom is 0.240 e. The van der Waals surface area contributed by atoms with Crippen molar-refractivity contribution in [2.75, 3.05) is 5.32 Å². The van der Waals surface area contributed by atoms with Gasteiger partial charge in [0.25, 0.3) is 0 Å². The summed E-state index contributed by atoms with van der Waals surface area (Å²) in [6, 6.07) is 5.07. The molecule has 0 saturated heterocycles. The largest absolute Gasteiger partial charge is 0.361 e. The van der Waals surface area contributed by atoms with E-state index in [-0.39, 0.29) is 4.90 Å². The monoisotopic (exact) mass is 210 g/mol. The molecule has 0 radical (unpaired) electrons. The summed E-state index contributed by atoms with van der Waals surface area (Å²) in [5.74, 6) is 0. The van der Waals surface area contributed by atoms with Crippen molar-refractivity contribution in [3.8, 4) is 0 Å². The number of anilines is 1. The normalized spacial score (nSPS) is 14.6. The van der Waals surface area contributed by atoms with Crippen LogP contribution in [0.3, 0.4) is 0 Å². The van der Waals surface area contributed by atoms with E-state index in [1.54, 1.807) is 12.3 Å². The summed E-state index contributed by atoms with van der Waals surface area (Å²) in [7, 11) is -3.64. The first-order valence-corrected chi connectivity index (χ1v) is 5.70. The molecule has 5 heteroatoms. The highest BCUT2D eigenvalue weighted by Crippen LogP contribution is 2.27. The summed E-state index contributed by atoms with van der Waals surface area (Å²) in [4.78, 5) is 0.152. The molecule has 1 aromatic carbocycles. The van der Waals surface area contributed by atoms with Crippen molar-refractivity contribution in [3.05, 3.63) is 36.0 Å². The quantitative estimate of drug-likeness (QED) is 0.720. The van der Waals surface area contributed by atoms with E-state index >= 15 is 0 Å². The van der Waals surface area contributed by atoms with E-state index in [0.717, 1.165) is 12.0 Å². The Bertz CT molecular complexity index is 492. The SMILES string of the molecule is NS(=O)(=O)c1cccc2c1NC=CC2. The summed E-state index contributed by atoms with van der Waals surface area (Å²) < 4.78 is 22.4. The maximum atomic E-state index is 11.2. The molecule has 1 aliphatic heterocycles. The predicted molar refractivity (Wildman–Crippen MR) is 54.3 cm³/mol. The van der Waals surface area contributed by atoms with Crippen molar-refractivity contribution >= 4 is 15.7 Å². The van der Waals surface area contributed by atoms with Crippen LogP contribution in [-0.4, -0.2) is 8.42 Å². The number of rotatable bonds is 1. The first-order valence-electron chi connectivity index (χ1n) is 4.15. The van der Waals surface area contributed by atoms with Crippen molar-refractivity contribution in [2.45, 2.75) is 11.3 Å². The van der Waals surface area contributed by atoms with Gasteiger partial charge >= 0.3 is 0 Å². The van der Waals surface area contributed by atoms with E-state index in [1.807, 2.05) is 12.1 Å². The van der Waals surface area contributed by atoms with Gasteiger partial charge in [0.15, 0.2) is 0 Å². The molecule has 0 aromatic heterocycles. The second-order valence-corrected chi connectivity index (χ2v) is 4.62. The van der Waals surface area contributed by atoms with Crippen LogP contribution in [-0.2, 0) is 16.4 Å². The van der Waals surface area contributed by atoms with E-state index < -0.39 is 10.0 Å². The molecule has 0 fully saturated rings. The van der Waals surface area contributed by atoms with Crippen LogP contribution < -0.4 is 10.5 Å². The average Bonchev–Trinajstić information content (AvgIpc) is 2.15. The summed E-state index contributed by atoms with van der Waals surface area (Å²) in [6.45, 7) is 0. The van der Waals surface area contributed by atoms with Gasteiger partial charge < -0.3 is 5.32 Å². The lowest BCUT2D eigenvalue weighted by Gasteiger charge is -2.15. The van der Waals surface area contributed by atoms with Crippen molar-refractivity contribution in [1.82, 2.24) is 0 Å². The molecule has 3 N–H and O–H groups in total. The fraction of sp³-hybridized carbons (Fsp3) is 0.111. The molecule has 0 saturated carbocycles. The minimum absolute atomic E-state index is 0.152. The van der Waals surface area contributed by atoms with Gasteiger partial charge in [0.05, 0.1) is 5.69 Å². The summed E-state index contributed by atoms with van der Waals surface area (Å²) in [5, 5.41) is 7.99. The molecule has 1 heterocycles. The average molecular weight is 210 g/mol. The van der Waals surface area contributed by atoms with Crippen LogP contribution in [0.4, 0.5) is 5.69 Å². The number of sulfonamides is 1. The lowest BCUT2D eigenvalue weighted by Crippen LogP contribution is -2.15. The second kappa shape index (κ2) is 3.11. The van der Waals surface area contributed by atoms with Crippen LogP contribution in [0.2, 0.25) is 0 Å². The minimum atomic E-state index is -3.64. The van der Waals surface area contributed by atoms with Crippen molar-refractivity contribution < 1.29 is 8.42 Å². The highest BCUT2D eigenvalue weighted by atomic mass is 32.2. The molecule has 74 valence electrons. The molecular weight excluding hydrogens is 200 g/mol. The molecule has 0 unspecified atom stereocenters. The van der Waals surface area contributed by atoms with Crippen LogP contribution in [0.5, 0.6) is 0 Å². The van der Waals surface area contributed by atoms with E-state index in [4.69, 9.17) is 5.14 Å². The van der Waals surface area contributed by atoms with Gasteiger partial charge in [-0.05, 0) is 24.3 Å². The molecule has 2 rings (SSSR count). The first kappa shape index (κ1) is 9.23. The molecule has 0 amide bonds. The lowest BCUT2D eigenvalue weighted by molar-refractivity contribution is 0.598. The lowest BCUT2D eigenvalue weighted by atomic mass is 10.1. The molecule has 0 atom stereocenters. The summed E-state index contributed by atoms with van der Waals surface area (Å²) >= 11 is 0. The fourth-order valence-corrected chi connectivity index (χ4v) is 2.22. The zero-order valence-corrected chi connectivity index (χ0v) is 8.21. The molecule has 14 heavy (non-hydrogen) atoms. The molecule has 0 spiro atoms. The van der Waals surface area contributed by atoms with Crippen LogP contribution in [0.15, 0.2) is 35.4 Å². The van der Waals surface area contributed by atoms with Gasteiger partial charge in [0, 0.05) is 0 Å². The Hall–Kier alpha value is -1.33. The van der Waals surface area contributed by atoms with Gasteiger partial charge in [-0.2, -0.15) is 0 Å². The smallest absolute Gasteiger partial charge is 0.240 e. The van der Waals surface area contributed by atoms with Crippen molar-refractivity contribution in [3.63, 3.8) is 0 Å². The Labute approximate surface area is 82.5 Å². The van der Waals surface area contributed by atoms with Crippen molar-refractivity contribution in [1.29, 1.82) is 0 Å². The highest BCUT2D eigenvalue weighted by Gasteiger charge is 2.16. The van der Waals surface area contributed by atoms with Gasteiger partial charge in [0.1, 0.15) is 4.90 Å². The number of primary sulfonamides is 1. The van der Waals surface area contributed by atoms with E-state index in [9.17, 15) is 8.42 Å². The van der Waals surface area contributed by atoms with Gasteiger partial charge in [-0.15, -0.1) is 0 Å². The van der Waals surface area contributed by atoms with E-state index in [0.29, 0.717) is 5.69 Å². The molecule has 0 bridgehead atoms. The van der Waals surface area contributed by atoms with Crippen LogP contribution in [0, 0.1) is 0 Å². The Morgan fingerprint density at radius 3 is 2.86 bits per heavy atom. The summed E-state index contributed by atoms with van der Waals surface area (Å²) in [5.41, 5.74) is 1.54. The van der Waals surface area contributed by atoms with Gasteiger partial charge in [-0.25, -0.2) is 13.6 Å². The second-order valence-electron chi connectivity index (χ2n) is 3.09. The van der Waals surface area contributed by atoms with E-state index in [1.165, 1.54) is 6.07 Å². The van der Waals surface area contributed by atoms with Gasteiger partial charge in [-0.1, -0.05) is 18.2 Å². The Kier molecular flexibility index (Phi) is 2.05.